The lowest BCUT2D eigenvalue weighted by molar-refractivity contribution is 0.406. The molecular formula is C14H10BrF3O. The summed E-state index contributed by atoms with van der Waals surface area (Å²) >= 11 is 3.12. The van der Waals surface area contributed by atoms with Crippen LogP contribution in [-0.4, -0.2) is 0 Å². The zero-order valence-electron chi connectivity index (χ0n) is 10.0. The van der Waals surface area contributed by atoms with Gasteiger partial charge in [-0.15, -0.1) is 0 Å². The van der Waals surface area contributed by atoms with Gasteiger partial charge >= 0.3 is 0 Å². The van der Waals surface area contributed by atoms with E-state index >= 15 is 0 Å². The van der Waals surface area contributed by atoms with E-state index in [2.05, 4.69) is 15.9 Å². The van der Waals surface area contributed by atoms with Gasteiger partial charge in [-0.1, -0.05) is 15.9 Å². The largest absolute Gasteiger partial charge is 0.451 e. The molecular weight excluding hydrogens is 321 g/mol. The highest BCUT2D eigenvalue weighted by Crippen LogP contribution is 2.30. The summed E-state index contributed by atoms with van der Waals surface area (Å²) in [6, 6.07) is 6.26. The van der Waals surface area contributed by atoms with Crippen LogP contribution in [-0.2, 0) is 5.33 Å². The lowest BCUT2D eigenvalue weighted by Gasteiger charge is -2.10. The highest BCUT2D eigenvalue weighted by atomic mass is 79.9. The molecule has 5 heteroatoms. The van der Waals surface area contributed by atoms with Crippen LogP contribution in [0, 0.1) is 24.4 Å². The number of hydrogen-bond acceptors (Lipinski definition) is 1. The first-order valence-corrected chi connectivity index (χ1v) is 6.61. The minimum Gasteiger partial charge on any atom is -0.451 e. The van der Waals surface area contributed by atoms with Crippen LogP contribution >= 0.6 is 15.9 Å². The van der Waals surface area contributed by atoms with E-state index in [-0.39, 0.29) is 5.75 Å². The Balaban J connectivity index is 2.35. The summed E-state index contributed by atoms with van der Waals surface area (Å²) in [5.74, 6) is -2.30. The van der Waals surface area contributed by atoms with E-state index in [1.165, 1.54) is 30.3 Å². The molecule has 0 heterocycles. The van der Waals surface area contributed by atoms with Crippen molar-refractivity contribution in [3.63, 3.8) is 0 Å². The van der Waals surface area contributed by atoms with Crippen LogP contribution in [0.5, 0.6) is 11.5 Å². The second kappa shape index (κ2) is 5.65. The Labute approximate surface area is 117 Å². The Morgan fingerprint density at radius 3 is 2.16 bits per heavy atom. The Hall–Kier alpha value is -1.49. The fourth-order valence-corrected chi connectivity index (χ4v) is 1.91. The maximum atomic E-state index is 13.7. The highest BCUT2D eigenvalue weighted by Gasteiger charge is 2.14. The van der Waals surface area contributed by atoms with Crippen molar-refractivity contribution in [1.82, 2.24) is 0 Å². The van der Waals surface area contributed by atoms with Gasteiger partial charge in [0.25, 0.3) is 0 Å². The van der Waals surface area contributed by atoms with E-state index in [4.69, 9.17) is 4.74 Å². The minimum atomic E-state index is -0.795. The van der Waals surface area contributed by atoms with Gasteiger partial charge in [0.1, 0.15) is 11.6 Å². The maximum Gasteiger partial charge on any atom is 0.198 e. The average molecular weight is 331 g/mol. The molecule has 0 radical (unpaired) electrons. The topological polar surface area (TPSA) is 9.23 Å². The molecule has 2 aromatic carbocycles. The Bertz CT molecular complexity index is 591. The Morgan fingerprint density at radius 2 is 1.63 bits per heavy atom. The van der Waals surface area contributed by atoms with E-state index in [1.54, 1.807) is 6.92 Å². The molecule has 0 bridgehead atoms. The normalized spacial score (nSPS) is 10.6. The minimum absolute atomic E-state index is 0.184. The van der Waals surface area contributed by atoms with Gasteiger partial charge in [-0.05, 0) is 48.4 Å². The zero-order valence-corrected chi connectivity index (χ0v) is 11.6. The van der Waals surface area contributed by atoms with E-state index in [0.29, 0.717) is 16.5 Å². The molecule has 0 spiro atoms. The van der Waals surface area contributed by atoms with E-state index in [0.717, 1.165) is 0 Å². The summed E-state index contributed by atoms with van der Waals surface area (Å²) in [6.45, 7) is 1.54. The van der Waals surface area contributed by atoms with Gasteiger partial charge in [-0.3, -0.25) is 0 Å². The first-order chi connectivity index (χ1) is 9.01. The molecule has 0 amide bonds. The molecule has 0 aliphatic rings. The molecule has 100 valence electrons. The van der Waals surface area contributed by atoms with Crippen LogP contribution in [0.25, 0.3) is 0 Å². The van der Waals surface area contributed by atoms with Gasteiger partial charge in [0.05, 0.1) is 0 Å². The quantitative estimate of drug-likeness (QED) is 0.711. The predicted molar refractivity (Wildman–Crippen MR) is 70.2 cm³/mol. The van der Waals surface area contributed by atoms with Gasteiger partial charge in [0.2, 0.25) is 0 Å². The van der Waals surface area contributed by atoms with E-state index in [1.807, 2.05) is 0 Å². The SMILES string of the molecule is Cc1cc(Oc2c(F)cc(CBr)cc2F)ccc1F. The maximum absolute atomic E-state index is 13.7. The van der Waals surface area contributed by atoms with E-state index < -0.39 is 23.2 Å². The third-order valence-electron chi connectivity index (χ3n) is 2.56. The third-order valence-corrected chi connectivity index (χ3v) is 3.21. The van der Waals surface area contributed by atoms with Crippen LogP contribution in [0.4, 0.5) is 13.2 Å². The second-order valence-electron chi connectivity index (χ2n) is 4.04. The third kappa shape index (κ3) is 3.10. The van der Waals surface area contributed by atoms with Gasteiger partial charge in [0.15, 0.2) is 17.4 Å². The Kier molecular flexibility index (Phi) is 4.14. The lowest BCUT2D eigenvalue weighted by Crippen LogP contribution is -1.95. The van der Waals surface area contributed by atoms with Crippen LogP contribution in [0.2, 0.25) is 0 Å². The molecule has 0 fully saturated rings. The first-order valence-electron chi connectivity index (χ1n) is 5.49. The molecule has 0 saturated carbocycles. The van der Waals surface area contributed by atoms with Crippen molar-refractivity contribution in [1.29, 1.82) is 0 Å². The van der Waals surface area contributed by atoms with Gasteiger partial charge in [0, 0.05) is 5.33 Å². The van der Waals surface area contributed by atoms with Crippen molar-refractivity contribution in [3.8, 4) is 11.5 Å². The molecule has 0 N–H and O–H groups in total. The molecule has 0 atom stereocenters. The molecule has 0 saturated heterocycles. The highest BCUT2D eigenvalue weighted by molar-refractivity contribution is 9.08. The number of rotatable bonds is 3. The fourth-order valence-electron chi connectivity index (χ4n) is 1.59. The molecule has 0 aliphatic carbocycles. The number of halogens is 4. The smallest absolute Gasteiger partial charge is 0.198 e. The summed E-state index contributed by atoms with van der Waals surface area (Å²) in [7, 11) is 0. The molecule has 1 nitrogen and oxygen atoms in total. The summed E-state index contributed by atoms with van der Waals surface area (Å²) in [5.41, 5.74) is 0.813. The summed E-state index contributed by atoms with van der Waals surface area (Å²) in [5, 5.41) is 0.344. The van der Waals surface area contributed by atoms with E-state index in [9.17, 15) is 13.2 Å². The number of hydrogen-bond donors (Lipinski definition) is 0. The fraction of sp³-hybridized carbons (Fsp3) is 0.143. The van der Waals surface area contributed by atoms with Gasteiger partial charge in [-0.2, -0.15) is 0 Å². The molecule has 0 aromatic heterocycles. The van der Waals surface area contributed by atoms with Crippen LogP contribution < -0.4 is 4.74 Å². The monoisotopic (exact) mass is 330 g/mol. The first kappa shape index (κ1) is 13.9. The number of alkyl halides is 1. The average Bonchev–Trinajstić information content (AvgIpc) is 2.37. The molecule has 2 rings (SSSR count). The zero-order chi connectivity index (χ0) is 14.0. The molecule has 0 aliphatic heterocycles. The van der Waals surface area contributed by atoms with Crippen LogP contribution in [0.3, 0.4) is 0 Å². The lowest BCUT2D eigenvalue weighted by atomic mass is 10.2. The van der Waals surface area contributed by atoms with Crippen LogP contribution in [0.1, 0.15) is 11.1 Å². The standard InChI is InChI=1S/C14H10BrF3O/c1-8-4-10(2-3-11(8)16)19-14-12(17)5-9(7-15)6-13(14)18/h2-6H,7H2,1H3. The van der Waals surface area contributed by atoms with Crippen molar-refractivity contribution in [3.05, 3.63) is 58.9 Å². The van der Waals surface area contributed by atoms with Crippen molar-refractivity contribution < 1.29 is 17.9 Å². The Morgan fingerprint density at radius 1 is 1.00 bits per heavy atom. The van der Waals surface area contributed by atoms with Crippen molar-refractivity contribution in [2.45, 2.75) is 12.3 Å². The van der Waals surface area contributed by atoms with Crippen molar-refractivity contribution >= 4 is 15.9 Å². The molecule has 0 unspecified atom stereocenters. The van der Waals surface area contributed by atoms with Crippen molar-refractivity contribution in [2.75, 3.05) is 0 Å². The molecule has 2 aromatic rings. The van der Waals surface area contributed by atoms with Crippen LogP contribution in [0.15, 0.2) is 30.3 Å². The predicted octanol–water partition coefficient (Wildman–Crippen LogP) is 5.10. The van der Waals surface area contributed by atoms with Gasteiger partial charge in [-0.25, -0.2) is 13.2 Å². The van der Waals surface area contributed by atoms with Gasteiger partial charge < -0.3 is 4.74 Å². The van der Waals surface area contributed by atoms with Crippen molar-refractivity contribution in [2.24, 2.45) is 0 Å². The summed E-state index contributed by atoms with van der Waals surface area (Å²) in [6.07, 6.45) is 0. The number of aryl methyl sites for hydroxylation is 1. The molecule has 19 heavy (non-hydrogen) atoms. The second-order valence-corrected chi connectivity index (χ2v) is 4.60. The summed E-state index contributed by atoms with van der Waals surface area (Å²) in [4.78, 5) is 0. The summed E-state index contributed by atoms with van der Waals surface area (Å²) < 4.78 is 45.6. The number of ether oxygens (including phenoxy) is 1. The number of benzene rings is 2.